The first kappa shape index (κ1) is 16.5. The van der Waals surface area contributed by atoms with E-state index in [2.05, 4.69) is 17.2 Å². The Labute approximate surface area is 142 Å². The standard InChI is InChI=1S/C19H22N2O3/c1-2-14-6-3-4-8-17(14)21-19(22)15-9-10-18(20-12-15)24-13-16-7-5-11-23-16/h3-4,6,8-10,12,16H,2,5,7,11,13H2,1H3,(H,21,22)/t16-/m1/s1. The van der Waals surface area contributed by atoms with Crippen molar-refractivity contribution >= 4 is 11.6 Å². The maximum Gasteiger partial charge on any atom is 0.257 e. The summed E-state index contributed by atoms with van der Waals surface area (Å²) in [6, 6.07) is 11.2. The molecule has 1 N–H and O–H groups in total. The van der Waals surface area contributed by atoms with E-state index in [0.29, 0.717) is 18.1 Å². The number of carbonyl (C=O) groups is 1. The summed E-state index contributed by atoms with van der Waals surface area (Å²) in [6.45, 7) is 3.37. The molecule has 5 nitrogen and oxygen atoms in total. The highest BCUT2D eigenvalue weighted by molar-refractivity contribution is 6.04. The fourth-order valence-electron chi connectivity index (χ4n) is 2.70. The number of hydrogen-bond donors (Lipinski definition) is 1. The number of pyridine rings is 1. The Bertz CT molecular complexity index is 679. The Morgan fingerprint density at radius 2 is 2.21 bits per heavy atom. The third-order valence-corrected chi connectivity index (χ3v) is 4.09. The Kier molecular flexibility index (Phi) is 5.43. The van der Waals surface area contributed by atoms with Crippen molar-refractivity contribution in [3.05, 3.63) is 53.7 Å². The van der Waals surface area contributed by atoms with Crippen molar-refractivity contribution in [1.29, 1.82) is 0 Å². The van der Waals surface area contributed by atoms with Crippen LogP contribution in [0.3, 0.4) is 0 Å². The lowest BCUT2D eigenvalue weighted by Crippen LogP contribution is -2.17. The van der Waals surface area contributed by atoms with Crippen molar-refractivity contribution in [3.63, 3.8) is 0 Å². The molecule has 5 heteroatoms. The van der Waals surface area contributed by atoms with Crippen molar-refractivity contribution < 1.29 is 14.3 Å². The van der Waals surface area contributed by atoms with Crippen molar-refractivity contribution in [2.24, 2.45) is 0 Å². The summed E-state index contributed by atoms with van der Waals surface area (Å²) < 4.78 is 11.1. The van der Waals surface area contributed by atoms with Crippen LogP contribution in [0.1, 0.15) is 35.7 Å². The van der Waals surface area contributed by atoms with E-state index in [0.717, 1.165) is 37.1 Å². The van der Waals surface area contributed by atoms with Gasteiger partial charge in [0.2, 0.25) is 5.88 Å². The van der Waals surface area contributed by atoms with E-state index < -0.39 is 0 Å². The lowest BCUT2D eigenvalue weighted by molar-refractivity contribution is 0.0663. The van der Waals surface area contributed by atoms with Crippen molar-refractivity contribution in [2.45, 2.75) is 32.3 Å². The molecule has 0 saturated carbocycles. The molecule has 0 unspecified atom stereocenters. The minimum atomic E-state index is -0.172. The molecule has 1 aromatic heterocycles. The lowest BCUT2D eigenvalue weighted by atomic mass is 10.1. The van der Waals surface area contributed by atoms with Gasteiger partial charge in [0.1, 0.15) is 6.61 Å². The maximum absolute atomic E-state index is 12.3. The summed E-state index contributed by atoms with van der Waals surface area (Å²) in [5.41, 5.74) is 2.45. The largest absolute Gasteiger partial charge is 0.475 e. The SMILES string of the molecule is CCc1ccccc1NC(=O)c1ccc(OC[C@H]2CCCO2)nc1. The summed E-state index contributed by atoms with van der Waals surface area (Å²) >= 11 is 0. The third-order valence-electron chi connectivity index (χ3n) is 4.09. The van der Waals surface area contributed by atoms with Gasteiger partial charge in [0.05, 0.1) is 11.7 Å². The van der Waals surface area contributed by atoms with Crippen LogP contribution in [0.25, 0.3) is 0 Å². The second-order valence-electron chi connectivity index (χ2n) is 5.80. The average molecular weight is 326 g/mol. The average Bonchev–Trinajstić information content (AvgIpc) is 3.14. The number of anilines is 1. The summed E-state index contributed by atoms with van der Waals surface area (Å²) in [6.07, 6.45) is 4.66. The number of benzene rings is 1. The van der Waals surface area contributed by atoms with Gasteiger partial charge in [-0.3, -0.25) is 4.79 Å². The zero-order chi connectivity index (χ0) is 16.8. The molecule has 2 heterocycles. The summed E-state index contributed by atoms with van der Waals surface area (Å²) in [4.78, 5) is 16.6. The zero-order valence-corrected chi connectivity index (χ0v) is 13.8. The predicted molar refractivity (Wildman–Crippen MR) is 92.5 cm³/mol. The minimum absolute atomic E-state index is 0.153. The number of amides is 1. The van der Waals surface area contributed by atoms with Gasteiger partial charge in [0.25, 0.3) is 5.91 Å². The lowest BCUT2D eigenvalue weighted by Gasteiger charge is -2.11. The van der Waals surface area contributed by atoms with Crippen LogP contribution >= 0.6 is 0 Å². The van der Waals surface area contributed by atoms with Gasteiger partial charge in [0, 0.05) is 24.6 Å². The Morgan fingerprint density at radius 1 is 1.33 bits per heavy atom. The molecule has 1 fully saturated rings. The Balaban J connectivity index is 1.59. The molecular formula is C19H22N2O3. The summed E-state index contributed by atoms with van der Waals surface area (Å²) in [7, 11) is 0. The second kappa shape index (κ2) is 7.93. The van der Waals surface area contributed by atoms with Gasteiger partial charge in [-0.15, -0.1) is 0 Å². The van der Waals surface area contributed by atoms with Gasteiger partial charge in [-0.25, -0.2) is 4.98 Å². The molecule has 126 valence electrons. The van der Waals surface area contributed by atoms with E-state index in [1.165, 1.54) is 6.20 Å². The van der Waals surface area contributed by atoms with Crippen molar-refractivity contribution in [1.82, 2.24) is 4.98 Å². The van der Waals surface area contributed by atoms with Gasteiger partial charge < -0.3 is 14.8 Å². The molecule has 1 aromatic carbocycles. The predicted octanol–water partition coefficient (Wildman–Crippen LogP) is 3.45. The normalized spacial score (nSPS) is 16.8. The Morgan fingerprint density at radius 3 is 2.92 bits per heavy atom. The number of rotatable bonds is 6. The highest BCUT2D eigenvalue weighted by atomic mass is 16.5. The first-order valence-corrected chi connectivity index (χ1v) is 8.36. The number of para-hydroxylation sites is 1. The number of carbonyl (C=O) groups excluding carboxylic acids is 1. The summed E-state index contributed by atoms with van der Waals surface area (Å²) in [5, 5.41) is 2.93. The van der Waals surface area contributed by atoms with Gasteiger partial charge >= 0.3 is 0 Å². The zero-order valence-electron chi connectivity index (χ0n) is 13.8. The summed E-state index contributed by atoms with van der Waals surface area (Å²) in [5.74, 6) is 0.338. The second-order valence-corrected chi connectivity index (χ2v) is 5.80. The van der Waals surface area contributed by atoms with Crippen LogP contribution < -0.4 is 10.1 Å². The smallest absolute Gasteiger partial charge is 0.257 e. The molecule has 1 aliphatic heterocycles. The van der Waals surface area contributed by atoms with E-state index in [4.69, 9.17) is 9.47 Å². The number of nitrogens with zero attached hydrogens (tertiary/aromatic N) is 1. The molecule has 0 radical (unpaired) electrons. The third kappa shape index (κ3) is 4.11. The molecule has 0 aliphatic carbocycles. The first-order valence-electron chi connectivity index (χ1n) is 8.36. The van der Waals surface area contributed by atoms with Crippen LogP contribution in [-0.2, 0) is 11.2 Å². The first-order chi connectivity index (χ1) is 11.8. The minimum Gasteiger partial charge on any atom is -0.475 e. The fourth-order valence-corrected chi connectivity index (χ4v) is 2.70. The van der Waals surface area contributed by atoms with Crippen LogP contribution in [0, 0.1) is 0 Å². The highest BCUT2D eigenvalue weighted by Crippen LogP contribution is 2.18. The van der Waals surface area contributed by atoms with Crippen molar-refractivity contribution in [3.8, 4) is 5.88 Å². The Hall–Kier alpha value is -2.40. The van der Waals surface area contributed by atoms with E-state index in [1.54, 1.807) is 12.1 Å². The van der Waals surface area contributed by atoms with Crippen molar-refractivity contribution in [2.75, 3.05) is 18.5 Å². The molecule has 0 bridgehead atoms. The van der Waals surface area contributed by atoms with Gasteiger partial charge in [0.15, 0.2) is 0 Å². The topological polar surface area (TPSA) is 60.5 Å². The fraction of sp³-hybridized carbons (Fsp3) is 0.368. The van der Waals surface area contributed by atoms with Crippen LogP contribution in [-0.4, -0.2) is 30.2 Å². The quantitative estimate of drug-likeness (QED) is 0.883. The van der Waals surface area contributed by atoms with E-state index in [-0.39, 0.29) is 12.0 Å². The van der Waals surface area contributed by atoms with Crippen LogP contribution in [0.15, 0.2) is 42.6 Å². The highest BCUT2D eigenvalue weighted by Gasteiger charge is 2.16. The van der Waals surface area contributed by atoms with Crippen LogP contribution in [0.5, 0.6) is 5.88 Å². The molecule has 1 aliphatic rings. The molecule has 2 aromatic rings. The molecule has 1 amide bonds. The number of aromatic nitrogens is 1. The van der Waals surface area contributed by atoms with Crippen LogP contribution in [0.2, 0.25) is 0 Å². The van der Waals surface area contributed by atoms with E-state index >= 15 is 0 Å². The van der Waals surface area contributed by atoms with Gasteiger partial charge in [-0.05, 0) is 37.0 Å². The molecule has 0 spiro atoms. The number of hydrogen-bond acceptors (Lipinski definition) is 4. The molecule has 1 atom stereocenters. The molecular weight excluding hydrogens is 304 g/mol. The van der Waals surface area contributed by atoms with Gasteiger partial charge in [-0.2, -0.15) is 0 Å². The maximum atomic E-state index is 12.3. The molecule has 1 saturated heterocycles. The van der Waals surface area contributed by atoms with Crippen LogP contribution in [0.4, 0.5) is 5.69 Å². The van der Waals surface area contributed by atoms with E-state index in [1.807, 2.05) is 24.3 Å². The number of ether oxygens (including phenoxy) is 2. The monoisotopic (exact) mass is 326 g/mol. The van der Waals surface area contributed by atoms with E-state index in [9.17, 15) is 4.79 Å². The molecule has 3 rings (SSSR count). The number of aryl methyl sites for hydroxylation is 1. The number of nitrogens with one attached hydrogen (secondary N) is 1. The van der Waals surface area contributed by atoms with Gasteiger partial charge in [-0.1, -0.05) is 25.1 Å². The molecule has 24 heavy (non-hydrogen) atoms.